The van der Waals surface area contributed by atoms with Crippen LogP contribution in [0.4, 0.5) is 0 Å². The molecule has 0 aliphatic heterocycles. The van der Waals surface area contributed by atoms with Crippen molar-refractivity contribution in [2.24, 2.45) is 0 Å². The van der Waals surface area contributed by atoms with Gasteiger partial charge in [0.05, 0.1) is 6.54 Å². The molecule has 0 saturated heterocycles. The summed E-state index contributed by atoms with van der Waals surface area (Å²) >= 11 is 0. The molecular weight excluding hydrogens is 130 g/mol. The van der Waals surface area contributed by atoms with Crippen LogP contribution in [0.3, 0.4) is 0 Å². The molecule has 0 aliphatic rings. The van der Waals surface area contributed by atoms with E-state index in [0.717, 1.165) is 12.7 Å². The molecular formula is C7H13NO2. The second-order valence-electron chi connectivity index (χ2n) is 2.19. The van der Waals surface area contributed by atoms with Crippen molar-refractivity contribution in [1.82, 2.24) is 4.90 Å². The lowest BCUT2D eigenvalue weighted by Gasteiger charge is -2.11. The Kier molecular flexibility index (Phi) is 4.54. The zero-order valence-electron chi connectivity index (χ0n) is 6.46. The summed E-state index contributed by atoms with van der Waals surface area (Å²) in [6, 6.07) is 0. The van der Waals surface area contributed by atoms with Crippen LogP contribution < -0.4 is 0 Å². The standard InChI is InChI=1S/C7H13NO2/c1-3-4-7(10)8(2)5-6-9/h6H,3-5H2,1-2H3. The SMILES string of the molecule is CCCC(=O)N(C)CC=O. The van der Waals surface area contributed by atoms with Crippen LogP contribution in [0.15, 0.2) is 0 Å². The summed E-state index contributed by atoms with van der Waals surface area (Å²) in [7, 11) is 1.63. The molecule has 0 saturated carbocycles. The Balaban J connectivity index is 3.58. The molecule has 3 heteroatoms. The van der Waals surface area contributed by atoms with Gasteiger partial charge >= 0.3 is 0 Å². The Labute approximate surface area is 61.0 Å². The summed E-state index contributed by atoms with van der Waals surface area (Å²) in [5.74, 6) is 0.0367. The van der Waals surface area contributed by atoms with Gasteiger partial charge in [0, 0.05) is 13.5 Å². The Morgan fingerprint density at radius 1 is 1.60 bits per heavy atom. The third-order valence-electron chi connectivity index (χ3n) is 1.24. The Hall–Kier alpha value is -0.860. The molecule has 1 amide bonds. The smallest absolute Gasteiger partial charge is 0.222 e. The highest BCUT2D eigenvalue weighted by molar-refractivity contribution is 5.78. The minimum Gasteiger partial charge on any atom is -0.339 e. The number of carbonyl (C=O) groups is 2. The number of carbonyl (C=O) groups excluding carboxylic acids is 2. The summed E-state index contributed by atoms with van der Waals surface area (Å²) in [5, 5.41) is 0. The lowest BCUT2D eigenvalue weighted by Crippen LogP contribution is -2.27. The van der Waals surface area contributed by atoms with E-state index < -0.39 is 0 Å². The number of hydrogen-bond donors (Lipinski definition) is 0. The van der Waals surface area contributed by atoms with Crippen molar-refractivity contribution in [1.29, 1.82) is 0 Å². The maximum Gasteiger partial charge on any atom is 0.222 e. The maximum atomic E-state index is 10.9. The second kappa shape index (κ2) is 4.97. The van der Waals surface area contributed by atoms with Crippen molar-refractivity contribution in [2.45, 2.75) is 19.8 Å². The number of hydrogen-bond acceptors (Lipinski definition) is 2. The van der Waals surface area contributed by atoms with E-state index in [1.807, 2.05) is 6.92 Å². The van der Waals surface area contributed by atoms with E-state index in [0.29, 0.717) is 6.42 Å². The highest BCUT2D eigenvalue weighted by Crippen LogP contribution is 1.92. The first-order valence-electron chi connectivity index (χ1n) is 3.40. The monoisotopic (exact) mass is 143 g/mol. The number of likely N-dealkylation sites (N-methyl/N-ethyl adjacent to an activating group) is 1. The minimum atomic E-state index is 0.0367. The molecule has 3 nitrogen and oxygen atoms in total. The first-order valence-corrected chi connectivity index (χ1v) is 3.40. The highest BCUT2D eigenvalue weighted by Gasteiger charge is 2.04. The molecule has 0 fully saturated rings. The molecule has 0 bridgehead atoms. The summed E-state index contributed by atoms with van der Waals surface area (Å²) in [4.78, 5) is 22.3. The van der Waals surface area contributed by atoms with Crippen LogP contribution >= 0.6 is 0 Å². The van der Waals surface area contributed by atoms with Crippen LogP contribution in [0.1, 0.15) is 19.8 Å². The van der Waals surface area contributed by atoms with Crippen molar-refractivity contribution in [3.05, 3.63) is 0 Å². The summed E-state index contributed by atoms with van der Waals surface area (Å²) in [6.07, 6.45) is 2.10. The zero-order valence-corrected chi connectivity index (χ0v) is 6.46. The van der Waals surface area contributed by atoms with Crippen LogP contribution in [-0.4, -0.2) is 30.7 Å². The van der Waals surface area contributed by atoms with Gasteiger partial charge in [-0.15, -0.1) is 0 Å². The molecule has 0 aliphatic carbocycles. The van der Waals surface area contributed by atoms with Crippen molar-refractivity contribution in [2.75, 3.05) is 13.6 Å². The van der Waals surface area contributed by atoms with Crippen molar-refractivity contribution in [3.63, 3.8) is 0 Å². The molecule has 58 valence electrons. The van der Waals surface area contributed by atoms with E-state index in [4.69, 9.17) is 0 Å². The fourth-order valence-corrected chi connectivity index (χ4v) is 0.618. The molecule has 0 aromatic carbocycles. The van der Waals surface area contributed by atoms with Gasteiger partial charge in [-0.25, -0.2) is 0 Å². The minimum absolute atomic E-state index is 0.0367. The van der Waals surface area contributed by atoms with Crippen LogP contribution in [0.2, 0.25) is 0 Å². The van der Waals surface area contributed by atoms with Crippen molar-refractivity contribution >= 4 is 12.2 Å². The van der Waals surface area contributed by atoms with E-state index in [1.54, 1.807) is 7.05 Å². The maximum absolute atomic E-state index is 10.9. The van der Waals surface area contributed by atoms with Crippen LogP contribution in [0.5, 0.6) is 0 Å². The molecule has 0 aromatic rings. The van der Waals surface area contributed by atoms with Gasteiger partial charge < -0.3 is 9.69 Å². The highest BCUT2D eigenvalue weighted by atomic mass is 16.2. The fourth-order valence-electron chi connectivity index (χ4n) is 0.618. The topological polar surface area (TPSA) is 37.4 Å². The van der Waals surface area contributed by atoms with Gasteiger partial charge in [-0.3, -0.25) is 4.79 Å². The average molecular weight is 143 g/mol. The number of aldehydes is 1. The van der Waals surface area contributed by atoms with Gasteiger partial charge in [0.15, 0.2) is 0 Å². The molecule has 0 radical (unpaired) electrons. The molecule has 0 unspecified atom stereocenters. The van der Waals surface area contributed by atoms with Gasteiger partial charge in [0.25, 0.3) is 0 Å². The molecule has 0 atom stereocenters. The van der Waals surface area contributed by atoms with Gasteiger partial charge in [-0.05, 0) is 6.42 Å². The number of nitrogens with zero attached hydrogens (tertiary/aromatic N) is 1. The van der Waals surface area contributed by atoms with Gasteiger partial charge in [0.1, 0.15) is 6.29 Å². The first kappa shape index (κ1) is 9.14. The average Bonchev–Trinajstić information content (AvgIpc) is 1.89. The third-order valence-corrected chi connectivity index (χ3v) is 1.24. The fraction of sp³-hybridized carbons (Fsp3) is 0.714. The molecule has 0 aromatic heterocycles. The van der Waals surface area contributed by atoms with E-state index in [9.17, 15) is 9.59 Å². The van der Waals surface area contributed by atoms with Crippen LogP contribution in [-0.2, 0) is 9.59 Å². The van der Waals surface area contributed by atoms with Gasteiger partial charge in [0.2, 0.25) is 5.91 Å². The van der Waals surface area contributed by atoms with Gasteiger partial charge in [-0.2, -0.15) is 0 Å². The Morgan fingerprint density at radius 2 is 2.20 bits per heavy atom. The molecule has 0 heterocycles. The first-order chi connectivity index (χ1) is 4.72. The normalized spacial score (nSPS) is 9.00. The summed E-state index contributed by atoms with van der Waals surface area (Å²) in [5.41, 5.74) is 0. The zero-order chi connectivity index (χ0) is 7.98. The summed E-state index contributed by atoms with van der Waals surface area (Å²) in [6.45, 7) is 2.14. The lowest BCUT2D eigenvalue weighted by atomic mass is 10.3. The van der Waals surface area contributed by atoms with E-state index in [-0.39, 0.29) is 12.5 Å². The summed E-state index contributed by atoms with van der Waals surface area (Å²) < 4.78 is 0. The Bertz CT molecular complexity index is 123. The quantitative estimate of drug-likeness (QED) is 0.535. The largest absolute Gasteiger partial charge is 0.339 e. The predicted molar refractivity (Wildman–Crippen MR) is 38.6 cm³/mol. The van der Waals surface area contributed by atoms with Crippen molar-refractivity contribution < 1.29 is 9.59 Å². The van der Waals surface area contributed by atoms with E-state index >= 15 is 0 Å². The van der Waals surface area contributed by atoms with Crippen LogP contribution in [0, 0.1) is 0 Å². The number of amides is 1. The third kappa shape index (κ3) is 3.22. The molecule has 0 N–H and O–H groups in total. The number of rotatable bonds is 4. The van der Waals surface area contributed by atoms with Gasteiger partial charge in [-0.1, -0.05) is 6.92 Å². The molecule has 10 heavy (non-hydrogen) atoms. The Morgan fingerprint density at radius 3 is 2.60 bits per heavy atom. The van der Waals surface area contributed by atoms with Crippen LogP contribution in [0.25, 0.3) is 0 Å². The predicted octanol–water partition coefficient (Wildman–Crippen LogP) is 0.444. The van der Waals surface area contributed by atoms with E-state index in [1.165, 1.54) is 4.90 Å². The van der Waals surface area contributed by atoms with Crippen molar-refractivity contribution in [3.8, 4) is 0 Å². The second-order valence-corrected chi connectivity index (χ2v) is 2.19. The molecule has 0 spiro atoms. The van der Waals surface area contributed by atoms with E-state index in [2.05, 4.69) is 0 Å². The lowest BCUT2D eigenvalue weighted by molar-refractivity contribution is -0.131. The molecule has 0 rings (SSSR count).